The second kappa shape index (κ2) is 6.19. The minimum atomic E-state index is -1.50. The van der Waals surface area contributed by atoms with Crippen LogP contribution < -0.4 is 5.32 Å². The van der Waals surface area contributed by atoms with Gasteiger partial charge in [0.1, 0.15) is 0 Å². The normalized spacial score (nSPS) is 13.8. The van der Waals surface area contributed by atoms with Gasteiger partial charge in [-0.15, -0.1) is 0 Å². The Bertz CT molecular complexity index is 177. The molecule has 1 atom stereocenters. The lowest BCUT2D eigenvalue weighted by atomic mass is 10.3. The van der Waals surface area contributed by atoms with E-state index in [-0.39, 0.29) is 12.0 Å². The predicted octanol–water partition coefficient (Wildman–Crippen LogP) is 2.14. The standard InChI is InChI=1S/C10H23NO2Si/c1-6-7-11-10(12)8-9(2)13-14(3,4)5/h9H,6-8H2,1-5H3,(H,11,12). The second-order valence-electron chi connectivity index (χ2n) is 4.59. The van der Waals surface area contributed by atoms with Crippen LogP contribution >= 0.6 is 0 Å². The molecular weight excluding hydrogens is 194 g/mol. The highest BCUT2D eigenvalue weighted by atomic mass is 28.4. The first-order valence-corrected chi connectivity index (χ1v) is 8.70. The Morgan fingerprint density at radius 1 is 1.43 bits per heavy atom. The van der Waals surface area contributed by atoms with Crippen LogP contribution in [0.15, 0.2) is 0 Å². The van der Waals surface area contributed by atoms with Crippen molar-refractivity contribution in [3.63, 3.8) is 0 Å². The quantitative estimate of drug-likeness (QED) is 0.692. The van der Waals surface area contributed by atoms with Crippen molar-refractivity contribution in [1.29, 1.82) is 0 Å². The topological polar surface area (TPSA) is 38.3 Å². The lowest BCUT2D eigenvalue weighted by molar-refractivity contribution is -0.122. The molecule has 0 fully saturated rings. The molecule has 84 valence electrons. The van der Waals surface area contributed by atoms with E-state index in [1.807, 2.05) is 13.8 Å². The molecule has 0 aliphatic rings. The van der Waals surface area contributed by atoms with Crippen LogP contribution in [0, 0.1) is 0 Å². The smallest absolute Gasteiger partial charge is 0.222 e. The predicted molar refractivity (Wildman–Crippen MR) is 61.8 cm³/mol. The van der Waals surface area contributed by atoms with Crippen LogP contribution in [0.3, 0.4) is 0 Å². The molecule has 0 saturated heterocycles. The molecule has 0 aromatic heterocycles. The van der Waals surface area contributed by atoms with E-state index in [1.165, 1.54) is 0 Å². The SMILES string of the molecule is CCCNC(=O)CC(C)O[Si](C)(C)C. The molecule has 1 amide bonds. The van der Waals surface area contributed by atoms with Crippen molar-refractivity contribution in [2.75, 3.05) is 6.54 Å². The summed E-state index contributed by atoms with van der Waals surface area (Å²) in [6, 6.07) is 0. The molecule has 0 aliphatic carbocycles. The molecule has 0 rings (SSSR count). The summed E-state index contributed by atoms with van der Waals surface area (Å²) in [6.45, 7) is 11.2. The summed E-state index contributed by atoms with van der Waals surface area (Å²) in [5.74, 6) is 0.0950. The summed E-state index contributed by atoms with van der Waals surface area (Å²) in [5, 5.41) is 2.85. The van der Waals surface area contributed by atoms with Crippen molar-refractivity contribution >= 4 is 14.2 Å². The first kappa shape index (κ1) is 13.6. The van der Waals surface area contributed by atoms with Crippen LogP contribution in [0.25, 0.3) is 0 Å². The summed E-state index contributed by atoms with van der Waals surface area (Å²) in [4.78, 5) is 11.3. The van der Waals surface area contributed by atoms with Gasteiger partial charge in [-0.1, -0.05) is 6.92 Å². The summed E-state index contributed by atoms with van der Waals surface area (Å²) < 4.78 is 5.77. The number of carbonyl (C=O) groups is 1. The third-order valence-electron chi connectivity index (χ3n) is 1.60. The zero-order valence-electron chi connectivity index (χ0n) is 10.0. The largest absolute Gasteiger partial charge is 0.415 e. The highest BCUT2D eigenvalue weighted by Crippen LogP contribution is 2.09. The molecule has 4 heteroatoms. The number of nitrogens with one attached hydrogen (secondary N) is 1. The Hall–Kier alpha value is -0.353. The molecule has 0 spiro atoms. The van der Waals surface area contributed by atoms with Crippen molar-refractivity contribution in [3.8, 4) is 0 Å². The first-order chi connectivity index (χ1) is 6.35. The van der Waals surface area contributed by atoms with Crippen LogP contribution in [-0.2, 0) is 9.22 Å². The van der Waals surface area contributed by atoms with Gasteiger partial charge < -0.3 is 9.74 Å². The van der Waals surface area contributed by atoms with E-state index in [0.717, 1.165) is 13.0 Å². The zero-order chi connectivity index (χ0) is 11.2. The first-order valence-electron chi connectivity index (χ1n) is 5.29. The Balaban J connectivity index is 3.71. The second-order valence-corrected chi connectivity index (χ2v) is 9.06. The fourth-order valence-corrected chi connectivity index (χ4v) is 2.53. The van der Waals surface area contributed by atoms with Gasteiger partial charge in [-0.25, -0.2) is 0 Å². The Labute approximate surface area is 88.4 Å². The van der Waals surface area contributed by atoms with Crippen LogP contribution in [0.1, 0.15) is 26.7 Å². The van der Waals surface area contributed by atoms with E-state index >= 15 is 0 Å². The van der Waals surface area contributed by atoms with Gasteiger partial charge in [0.15, 0.2) is 8.32 Å². The fraction of sp³-hybridized carbons (Fsp3) is 0.900. The van der Waals surface area contributed by atoms with E-state index in [4.69, 9.17) is 4.43 Å². The molecule has 0 saturated carbocycles. The minimum absolute atomic E-state index is 0.0403. The van der Waals surface area contributed by atoms with Crippen molar-refractivity contribution in [3.05, 3.63) is 0 Å². The summed E-state index contributed by atoms with van der Waals surface area (Å²) in [6.07, 6.45) is 1.50. The van der Waals surface area contributed by atoms with Crippen molar-refractivity contribution in [2.24, 2.45) is 0 Å². The molecule has 1 unspecified atom stereocenters. The Morgan fingerprint density at radius 3 is 2.43 bits per heavy atom. The van der Waals surface area contributed by atoms with Gasteiger partial charge in [-0.05, 0) is 33.0 Å². The van der Waals surface area contributed by atoms with Crippen molar-refractivity contribution in [1.82, 2.24) is 5.32 Å². The van der Waals surface area contributed by atoms with E-state index in [0.29, 0.717) is 6.42 Å². The average molecular weight is 217 g/mol. The van der Waals surface area contributed by atoms with Crippen LogP contribution in [0.4, 0.5) is 0 Å². The van der Waals surface area contributed by atoms with Gasteiger partial charge in [0, 0.05) is 6.54 Å². The highest BCUT2D eigenvalue weighted by molar-refractivity contribution is 6.69. The van der Waals surface area contributed by atoms with Gasteiger partial charge in [-0.2, -0.15) is 0 Å². The minimum Gasteiger partial charge on any atom is -0.415 e. The molecule has 0 aliphatic heterocycles. The average Bonchev–Trinajstić information content (AvgIpc) is 1.96. The van der Waals surface area contributed by atoms with Crippen LogP contribution in [0.2, 0.25) is 19.6 Å². The van der Waals surface area contributed by atoms with Gasteiger partial charge in [0.25, 0.3) is 0 Å². The molecule has 0 bridgehead atoms. The lowest BCUT2D eigenvalue weighted by Crippen LogP contribution is -2.34. The van der Waals surface area contributed by atoms with Crippen LogP contribution in [0.5, 0.6) is 0 Å². The van der Waals surface area contributed by atoms with Crippen molar-refractivity contribution < 1.29 is 9.22 Å². The summed E-state index contributed by atoms with van der Waals surface area (Å²) in [5.41, 5.74) is 0. The van der Waals surface area contributed by atoms with Gasteiger partial charge in [-0.3, -0.25) is 4.79 Å². The lowest BCUT2D eigenvalue weighted by Gasteiger charge is -2.23. The molecular formula is C10H23NO2Si. The molecule has 0 heterocycles. The molecule has 14 heavy (non-hydrogen) atoms. The third-order valence-corrected chi connectivity index (χ3v) is 2.71. The summed E-state index contributed by atoms with van der Waals surface area (Å²) >= 11 is 0. The van der Waals surface area contributed by atoms with E-state index in [9.17, 15) is 4.79 Å². The third kappa shape index (κ3) is 8.25. The number of amides is 1. The zero-order valence-corrected chi connectivity index (χ0v) is 11.0. The molecule has 1 N–H and O–H groups in total. The van der Waals surface area contributed by atoms with Crippen LogP contribution in [-0.4, -0.2) is 26.9 Å². The molecule has 3 nitrogen and oxygen atoms in total. The fourth-order valence-electron chi connectivity index (χ4n) is 1.24. The number of rotatable bonds is 6. The number of hydrogen-bond acceptors (Lipinski definition) is 2. The Kier molecular flexibility index (Phi) is 6.03. The summed E-state index contributed by atoms with van der Waals surface area (Å²) in [7, 11) is -1.50. The molecule has 0 aromatic rings. The number of carbonyl (C=O) groups excluding carboxylic acids is 1. The van der Waals surface area contributed by atoms with Crippen molar-refractivity contribution in [2.45, 2.75) is 52.4 Å². The maximum Gasteiger partial charge on any atom is 0.222 e. The maximum absolute atomic E-state index is 11.3. The monoisotopic (exact) mass is 217 g/mol. The van der Waals surface area contributed by atoms with E-state index in [2.05, 4.69) is 25.0 Å². The number of hydrogen-bond donors (Lipinski definition) is 1. The molecule has 0 aromatic carbocycles. The van der Waals surface area contributed by atoms with E-state index in [1.54, 1.807) is 0 Å². The van der Waals surface area contributed by atoms with Gasteiger partial charge >= 0.3 is 0 Å². The highest BCUT2D eigenvalue weighted by Gasteiger charge is 2.19. The van der Waals surface area contributed by atoms with Gasteiger partial charge in [0.05, 0.1) is 12.5 Å². The maximum atomic E-state index is 11.3. The van der Waals surface area contributed by atoms with Gasteiger partial charge in [0.2, 0.25) is 5.91 Å². The Morgan fingerprint density at radius 2 is 2.00 bits per heavy atom. The van der Waals surface area contributed by atoms with E-state index < -0.39 is 8.32 Å². The molecule has 0 radical (unpaired) electrons.